The van der Waals surface area contributed by atoms with E-state index in [1.807, 2.05) is 60.7 Å². The maximum Gasteiger partial charge on any atom is 0.344 e. The largest absolute Gasteiger partial charge is 0.506 e. The molecule has 0 amide bonds. The van der Waals surface area contributed by atoms with E-state index in [-0.39, 0.29) is 24.5 Å². The van der Waals surface area contributed by atoms with E-state index in [0.717, 1.165) is 11.1 Å². The minimum atomic E-state index is -0.630. The molecule has 0 atom stereocenters. The van der Waals surface area contributed by atoms with Crippen molar-refractivity contribution in [2.75, 3.05) is 6.61 Å². The first-order valence-corrected chi connectivity index (χ1v) is 13.6. The summed E-state index contributed by atoms with van der Waals surface area (Å²) in [6, 6.07) is 22.3. The molecule has 3 aromatic rings. The van der Waals surface area contributed by atoms with Crippen molar-refractivity contribution in [2.45, 2.75) is 13.5 Å². The molecule has 37 heavy (non-hydrogen) atoms. The summed E-state index contributed by atoms with van der Waals surface area (Å²) in [5.41, 5.74) is 2.79. The number of carbonyl (C=O) groups excluding carboxylic acids is 1. The Kier molecular flexibility index (Phi) is 8.87. The Morgan fingerprint density at radius 2 is 1.78 bits per heavy atom. The van der Waals surface area contributed by atoms with Crippen molar-refractivity contribution in [3.8, 4) is 11.8 Å². The summed E-state index contributed by atoms with van der Waals surface area (Å²) in [4.78, 5) is 17.7. The van der Waals surface area contributed by atoms with Crippen molar-refractivity contribution in [3.05, 3.63) is 109 Å². The standard InChI is InChI=1S/C28H20Br2N2O4S/c1-2-35-28(34)24-25(33)23(37-27(24)32-20-10-4-3-5-11-20)14-17-12-21(29)26(22(30)13-17)36-16-19-9-7-6-8-18(19)15-31/h3-14,33H,2,16H2,1H3/b23-14-,32-27?. The molecule has 3 aromatic carbocycles. The van der Waals surface area contributed by atoms with Crippen LogP contribution in [0, 0.1) is 11.3 Å². The summed E-state index contributed by atoms with van der Waals surface area (Å²) in [7, 11) is 0. The average Bonchev–Trinajstić information content (AvgIpc) is 3.18. The topological polar surface area (TPSA) is 91.9 Å². The molecule has 0 fully saturated rings. The van der Waals surface area contributed by atoms with Gasteiger partial charge in [-0.2, -0.15) is 5.26 Å². The Morgan fingerprint density at radius 3 is 2.46 bits per heavy atom. The number of rotatable bonds is 7. The number of hydrogen-bond acceptors (Lipinski definition) is 7. The van der Waals surface area contributed by atoms with E-state index >= 15 is 0 Å². The van der Waals surface area contributed by atoms with Gasteiger partial charge in [0.2, 0.25) is 0 Å². The highest BCUT2D eigenvalue weighted by Crippen LogP contribution is 2.42. The average molecular weight is 640 g/mol. The Hall–Kier alpha value is -3.32. The van der Waals surface area contributed by atoms with Crippen LogP contribution in [0.1, 0.15) is 23.6 Å². The van der Waals surface area contributed by atoms with E-state index in [2.05, 4.69) is 42.9 Å². The molecular formula is C28H20Br2N2O4S. The SMILES string of the molecule is CCOC(=O)C1=C(O)/C(=C/c2cc(Br)c(OCc3ccccc3C#N)c(Br)c2)SC1=Nc1ccccc1. The van der Waals surface area contributed by atoms with Gasteiger partial charge < -0.3 is 14.6 Å². The first-order valence-electron chi connectivity index (χ1n) is 11.2. The number of benzene rings is 3. The second-order valence-electron chi connectivity index (χ2n) is 7.68. The third kappa shape index (κ3) is 6.34. The van der Waals surface area contributed by atoms with Crippen molar-refractivity contribution in [2.24, 2.45) is 4.99 Å². The summed E-state index contributed by atoms with van der Waals surface area (Å²) in [5.74, 6) is -0.236. The van der Waals surface area contributed by atoms with Gasteiger partial charge in [-0.25, -0.2) is 9.79 Å². The Morgan fingerprint density at radius 1 is 1.11 bits per heavy atom. The molecule has 1 N–H and O–H groups in total. The Bertz CT molecular complexity index is 1450. The smallest absolute Gasteiger partial charge is 0.344 e. The third-order valence-electron chi connectivity index (χ3n) is 5.19. The number of aliphatic hydroxyl groups excluding tert-OH is 1. The van der Waals surface area contributed by atoms with E-state index in [1.165, 1.54) is 11.8 Å². The molecule has 0 unspecified atom stereocenters. The number of aliphatic hydroxyl groups is 1. The maximum atomic E-state index is 12.6. The van der Waals surface area contributed by atoms with E-state index in [9.17, 15) is 15.2 Å². The van der Waals surface area contributed by atoms with E-state index < -0.39 is 5.97 Å². The highest BCUT2D eigenvalue weighted by atomic mass is 79.9. The monoisotopic (exact) mass is 638 g/mol. The van der Waals surface area contributed by atoms with Crippen LogP contribution in [0.15, 0.2) is 96.9 Å². The van der Waals surface area contributed by atoms with Crippen LogP contribution in [-0.4, -0.2) is 22.7 Å². The second-order valence-corrected chi connectivity index (χ2v) is 10.4. The molecule has 1 aliphatic rings. The lowest BCUT2D eigenvalue weighted by atomic mass is 10.1. The van der Waals surface area contributed by atoms with Crippen LogP contribution in [0.4, 0.5) is 5.69 Å². The Labute approximate surface area is 235 Å². The molecule has 1 heterocycles. The summed E-state index contributed by atoms with van der Waals surface area (Å²) >= 11 is 8.30. The van der Waals surface area contributed by atoms with Crippen LogP contribution in [-0.2, 0) is 16.1 Å². The van der Waals surface area contributed by atoms with Crippen molar-refractivity contribution < 1.29 is 19.4 Å². The third-order valence-corrected chi connectivity index (χ3v) is 7.38. The zero-order valence-corrected chi connectivity index (χ0v) is 23.6. The van der Waals surface area contributed by atoms with Crippen molar-refractivity contribution in [1.82, 2.24) is 0 Å². The van der Waals surface area contributed by atoms with E-state index in [4.69, 9.17) is 9.47 Å². The number of carbonyl (C=O) groups is 1. The van der Waals surface area contributed by atoms with E-state index in [0.29, 0.717) is 35.9 Å². The number of esters is 1. The summed E-state index contributed by atoms with van der Waals surface area (Å²) in [6.45, 7) is 2.11. The number of para-hydroxylation sites is 1. The number of nitrogens with zero attached hydrogens (tertiary/aromatic N) is 2. The lowest BCUT2D eigenvalue weighted by Crippen LogP contribution is -2.12. The summed E-state index contributed by atoms with van der Waals surface area (Å²) in [5, 5.41) is 20.6. The van der Waals surface area contributed by atoms with Crippen LogP contribution in [0.25, 0.3) is 6.08 Å². The first kappa shape index (κ1) is 26.7. The van der Waals surface area contributed by atoms with Crippen LogP contribution in [0.3, 0.4) is 0 Å². The second kappa shape index (κ2) is 12.3. The molecule has 0 aromatic heterocycles. The van der Waals surface area contributed by atoms with Crippen molar-refractivity contribution >= 4 is 66.4 Å². The fourth-order valence-corrected chi connectivity index (χ4v) is 5.95. The van der Waals surface area contributed by atoms with Crippen LogP contribution in [0.2, 0.25) is 0 Å². The van der Waals surface area contributed by atoms with Crippen LogP contribution in [0.5, 0.6) is 5.75 Å². The summed E-state index contributed by atoms with van der Waals surface area (Å²) in [6.07, 6.45) is 1.76. The normalized spacial score (nSPS) is 15.2. The maximum absolute atomic E-state index is 12.6. The number of aliphatic imine (C=N–C) groups is 1. The highest BCUT2D eigenvalue weighted by molar-refractivity contribution is 9.11. The van der Waals surface area contributed by atoms with Gasteiger partial charge in [0, 0.05) is 5.56 Å². The number of hydrogen-bond donors (Lipinski definition) is 1. The fourth-order valence-electron chi connectivity index (χ4n) is 3.47. The molecule has 186 valence electrons. The predicted octanol–water partition coefficient (Wildman–Crippen LogP) is 7.86. The van der Waals surface area contributed by atoms with Gasteiger partial charge in [0.25, 0.3) is 0 Å². The molecule has 0 saturated carbocycles. The zero-order valence-electron chi connectivity index (χ0n) is 19.6. The molecule has 1 aliphatic heterocycles. The minimum Gasteiger partial charge on any atom is -0.506 e. The zero-order chi connectivity index (χ0) is 26.4. The number of halogens is 2. The Balaban J connectivity index is 1.63. The van der Waals surface area contributed by atoms with Gasteiger partial charge in [0.05, 0.1) is 37.8 Å². The van der Waals surface area contributed by atoms with Crippen molar-refractivity contribution in [3.63, 3.8) is 0 Å². The van der Waals surface area contributed by atoms with E-state index in [1.54, 1.807) is 19.1 Å². The van der Waals surface area contributed by atoms with Crippen LogP contribution >= 0.6 is 43.6 Å². The quantitative estimate of drug-likeness (QED) is 0.265. The summed E-state index contributed by atoms with van der Waals surface area (Å²) < 4.78 is 12.5. The van der Waals surface area contributed by atoms with Gasteiger partial charge in [0.15, 0.2) is 0 Å². The first-order chi connectivity index (χ1) is 17.9. The minimum absolute atomic E-state index is 0.0381. The number of nitriles is 1. The van der Waals surface area contributed by atoms with Gasteiger partial charge in [-0.1, -0.05) is 48.2 Å². The molecule has 9 heteroatoms. The number of thioether (sulfide) groups is 1. The predicted molar refractivity (Wildman–Crippen MR) is 153 cm³/mol. The molecule has 0 spiro atoms. The molecule has 0 aliphatic carbocycles. The lowest BCUT2D eigenvalue weighted by Gasteiger charge is -2.12. The fraction of sp³-hybridized carbons (Fsp3) is 0.107. The molecule has 0 saturated heterocycles. The van der Waals surface area contributed by atoms with Gasteiger partial charge in [0.1, 0.15) is 28.7 Å². The van der Waals surface area contributed by atoms with Crippen LogP contribution < -0.4 is 4.74 Å². The molecular weight excluding hydrogens is 620 g/mol. The van der Waals surface area contributed by atoms with Gasteiger partial charge in [-0.15, -0.1) is 0 Å². The molecule has 4 rings (SSSR count). The van der Waals surface area contributed by atoms with Gasteiger partial charge in [-0.3, -0.25) is 0 Å². The molecule has 0 radical (unpaired) electrons. The molecule has 6 nitrogen and oxygen atoms in total. The highest BCUT2D eigenvalue weighted by Gasteiger charge is 2.33. The van der Waals surface area contributed by atoms with Gasteiger partial charge in [-0.05, 0) is 80.8 Å². The van der Waals surface area contributed by atoms with Gasteiger partial charge >= 0.3 is 5.97 Å². The van der Waals surface area contributed by atoms with Crippen molar-refractivity contribution in [1.29, 1.82) is 5.26 Å². The molecule has 0 bridgehead atoms. The number of ether oxygens (including phenoxy) is 2. The lowest BCUT2D eigenvalue weighted by molar-refractivity contribution is -0.138.